The van der Waals surface area contributed by atoms with Gasteiger partial charge in [-0.2, -0.15) is 0 Å². The summed E-state index contributed by atoms with van der Waals surface area (Å²) in [5.41, 5.74) is 1.95. The third-order valence-corrected chi connectivity index (χ3v) is 5.23. The standard InChI is InChI=1S/C20H23N3O2/c1-22-10-16-12-23(13-17(16)11-22)20(24)14-25-19-7-3-2-6-18(19)15-5-4-8-21-9-15/h2-9,16-17H,10-14H2,1H3. The van der Waals surface area contributed by atoms with E-state index >= 15 is 0 Å². The van der Waals surface area contributed by atoms with Gasteiger partial charge in [0.25, 0.3) is 5.91 Å². The van der Waals surface area contributed by atoms with Crippen LogP contribution in [0.15, 0.2) is 48.8 Å². The highest BCUT2D eigenvalue weighted by Gasteiger charge is 2.40. The van der Waals surface area contributed by atoms with Crippen molar-refractivity contribution in [3.05, 3.63) is 48.8 Å². The third-order valence-electron chi connectivity index (χ3n) is 5.23. The molecule has 130 valence electrons. The second-order valence-corrected chi connectivity index (χ2v) is 7.07. The minimum Gasteiger partial charge on any atom is -0.483 e. The number of nitrogens with zero attached hydrogens (tertiary/aromatic N) is 3. The highest BCUT2D eigenvalue weighted by molar-refractivity contribution is 5.79. The summed E-state index contributed by atoms with van der Waals surface area (Å²) in [4.78, 5) is 21.0. The van der Waals surface area contributed by atoms with Crippen LogP contribution in [0.5, 0.6) is 5.75 Å². The number of aromatic nitrogens is 1. The van der Waals surface area contributed by atoms with Gasteiger partial charge in [-0.3, -0.25) is 9.78 Å². The van der Waals surface area contributed by atoms with E-state index in [4.69, 9.17) is 4.74 Å². The summed E-state index contributed by atoms with van der Waals surface area (Å²) < 4.78 is 5.88. The first-order valence-electron chi connectivity index (χ1n) is 8.79. The van der Waals surface area contributed by atoms with Crippen molar-refractivity contribution in [1.82, 2.24) is 14.8 Å². The number of carbonyl (C=O) groups is 1. The number of pyridine rings is 1. The molecule has 2 aliphatic heterocycles. The zero-order valence-electron chi connectivity index (χ0n) is 14.5. The van der Waals surface area contributed by atoms with Gasteiger partial charge in [-0.1, -0.05) is 24.3 Å². The van der Waals surface area contributed by atoms with Crippen LogP contribution in [0.2, 0.25) is 0 Å². The molecule has 0 N–H and O–H groups in total. The molecule has 0 saturated carbocycles. The molecule has 0 radical (unpaired) electrons. The second-order valence-electron chi connectivity index (χ2n) is 7.07. The van der Waals surface area contributed by atoms with Crippen molar-refractivity contribution in [3.8, 4) is 16.9 Å². The molecule has 1 aromatic heterocycles. The normalized spacial score (nSPS) is 22.8. The molecule has 4 rings (SSSR count). The Morgan fingerprint density at radius 1 is 1.12 bits per heavy atom. The lowest BCUT2D eigenvalue weighted by atomic mass is 10.0. The quantitative estimate of drug-likeness (QED) is 0.858. The molecule has 0 bridgehead atoms. The van der Waals surface area contributed by atoms with E-state index in [9.17, 15) is 4.79 Å². The smallest absolute Gasteiger partial charge is 0.260 e. The van der Waals surface area contributed by atoms with Crippen LogP contribution in [0.1, 0.15) is 0 Å². The number of hydrogen-bond acceptors (Lipinski definition) is 4. The summed E-state index contributed by atoms with van der Waals surface area (Å²) >= 11 is 0. The van der Waals surface area contributed by atoms with Gasteiger partial charge in [-0.15, -0.1) is 0 Å². The first-order chi connectivity index (χ1) is 12.2. The Hall–Kier alpha value is -2.40. The molecule has 2 unspecified atom stereocenters. The van der Waals surface area contributed by atoms with E-state index in [2.05, 4.69) is 16.9 Å². The molecule has 2 atom stereocenters. The number of fused-ring (bicyclic) bond motifs is 1. The number of benzene rings is 1. The number of carbonyl (C=O) groups excluding carboxylic acids is 1. The maximum Gasteiger partial charge on any atom is 0.260 e. The summed E-state index contributed by atoms with van der Waals surface area (Å²) in [6.45, 7) is 4.01. The zero-order valence-corrected chi connectivity index (χ0v) is 14.5. The summed E-state index contributed by atoms with van der Waals surface area (Å²) in [6, 6.07) is 11.7. The fourth-order valence-electron chi connectivity index (χ4n) is 4.02. The minimum atomic E-state index is 0.0815. The molecule has 5 heteroatoms. The maximum absolute atomic E-state index is 12.6. The minimum absolute atomic E-state index is 0.0815. The molecular weight excluding hydrogens is 314 g/mol. The molecule has 0 spiro atoms. The van der Waals surface area contributed by atoms with Crippen LogP contribution >= 0.6 is 0 Å². The molecule has 1 aromatic carbocycles. The van der Waals surface area contributed by atoms with Crippen LogP contribution in [0, 0.1) is 11.8 Å². The Morgan fingerprint density at radius 2 is 1.88 bits per heavy atom. The van der Waals surface area contributed by atoms with Crippen LogP contribution in [0.3, 0.4) is 0 Å². The van der Waals surface area contributed by atoms with E-state index in [0.717, 1.165) is 43.1 Å². The van der Waals surface area contributed by atoms with Crippen LogP contribution in [-0.2, 0) is 4.79 Å². The second kappa shape index (κ2) is 6.84. The van der Waals surface area contributed by atoms with Crippen LogP contribution in [-0.4, -0.2) is 60.5 Å². The molecule has 1 amide bonds. The van der Waals surface area contributed by atoms with Crippen molar-refractivity contribution in [2.24, 2.45) is 11.8 Å². The maximum atomic E-state index is 12.6. The average molecular weight is 337 g/mol. The van der Waals surface area contributed by atoms with Gasteiger partial charge in [0.15, 0.2) is 6.61 Å². The molecule has 2 fully saturated rings. The van der Waals surface area contributed by atoms with E-state index in [1.165, 1.54) is 0 Å². The Morgan fingerprint density at radius 3 is 2.60 bits per heavy atom. The van der Waals surface area contributed by atoms with Gasteiger partial charge in [0.1, 0.15) is 5.75 Å². The topological polar surface area (TPSA) is 45.7 Å². The number of amides is 1. The van der Waals surface area contributed by atoms with Gasteiger partial charge in [-0.25, -0.2) is 0 Å². The van der Waals surface area contributed by atoms with E-state index in [0.29, 0.717) is 11.8 Å². The largest absolute Gasteiger partial charge is 0.483 e. The van der Waals surface area contributed by atoms with Crippen LogP contribution < -0.4 is 4.74 Å². The predicted molar refractivity (Wildman–Crippen MR) is 96.2 cm³/mol. The lowest BCUT2D eigenvalue weighted by Gasteiger charge is -2.20. The molecular formula is C20H23N3O2. The van der Waals surface area contributed by atoms with Crippen molar-refractivity contribution in [1.29, 1.82) is 0 Å². The average Bonchev–Trinajstić information content (AvgIpc) is 3.18. The highest BCUT2D eigenvalue weighted by atomic mass is 16.5. The zero-order chi connectivity index (χ0) is 17.2. The number of likely N-dealkylation sites (tertiary alicyclic amines) is 2. The summed E-state index contributed by atoms with van der Waals surface area (Å²) in [5.74, 6) is 2.05. The van der Waals surface area contributed by atoms with Crippen molar-refractivity contribution < 1.29 is 9.53 Å². The lowest BCUT2D eigenvalue weighted by molar-refractivity contribution is -0.132. The van der Waals surface area contributed by atoms with Crippen LogP contribution in [0.25, 0.3) is 11.1 Å². The predicted octanol–water partition coefficient (Wildman–Crippen LogP) is 2.15. The lowest BCUT2D eigenvalue weighted by Crippen LogP contribution is -2.35. The molecule has 2 saturated heterocycles. The summed E-state index contributed by atoms with van der Waals surface area (Å²) in [7, 11) is 2.16. The molecule has 2 aromatic rings. The van der Waals surface area contributed by atoms with Gasteiger partial charge in [-0.05, 0) is 31.0 Å². The van der Waals surface area contributed by atoms with Gasteiger partial charge in [0.05, 0.1) is 0 Å². The third kappa shape index (κ3) is 3.37. The van der Waals surface area contributed by atoms with E-state index in [1.807, 2.05) is 47.5 Å². The number of rotatable bonds is 4. The van der Waals surface area contributed by atoms with Crippen molar-refractivity contribution in [2.75, 3.05) is 39.8 Å². The Labute approximate surface area is 148 Å². The number of para-hydroxylation sites is 1. The highest BCUT2D eigenvalue weighted by Crippen LogP contribution is 2.31. The molecule has 2 aliphatic rings. The van der Waals surface area contributed by atoms with Crippen molar-refractivity contribution in [2.45, 2.75) is 0 Å². The van der Waals surface area contributed by atoms with Crippen LogP contribution in [0.4, 0.5) is 0 Å². The van der Waals surface area contributed by atoms with Gasteiger partial charge < -0.3 is 14.5 Å². The molecule has 25 heavy (non-hydrogen) atoms. The summed E-state index contributed by atoms with van der Waals surface area (Å²) in [5, 5.41) is 0. The van der Waals surface area contributed by atoms with Gasteiger partial charge in [0, 0.05) is 49.7 Å². The SMILES string of the molecule is CN1CC2CN(C(=O)COc3ccccc3-c3cccnc3)CC2C1. The first-order valence-corrected chi connectivity index (χ1v) is 8.79. The fourth-order valence-corrected chi connectivity index (χ4v) is 4.02. The van der Waals surface area contributed by atoms with E-state index in [-0.39, 0.29) is 12.5 Å². The Kier molecular flexibility index (Phi) is 4.40. The van der Waals surface area contributed by atoms with Gasteiger partial charge in [0.2, 0.25) is 0 Å². The Bertz CT molecular complexity index is 736. The van der Waals surface area contributed by atoms with E-state index < -0.39 is 0 Å². The molecule has 3 heterocycles. The van der Waals surface area contributed by atoms with Crippen molar-refractivity contribution >= 4 is 5.91 Å². The fraction of sp³-hybridized carbons (Fsp3) is 0.400. The Balaban J connectivity index is 1.40. The monoisotopic (exact) mass is 337 g/mol. The van der Waals surface area contributed by atoms with E-state index in [1.54, 1.807) is 6.20 Å². The summed E-state index contributed by atoms with van der Waals surface area (Å²) in [6.07, 6.45) is 3.56. The number of ether oxygens (including phenoxy) is 1. The van der Waals surface area contributed by atoms with Gasteiger partial charge >= 0.3 is 0 Å². The van der Waals surface area contributed by atoms with Crippen molar-refractivity contribution in [3.63, 3.8) is 0 Å². The number of hydrogen-bond donors (Lipinski definition) is 0. The molecule has 0 aliphatic carbocycles. The first kappa shape index (κ1) is 16.1. The molecule has 5 nitrogen and oxygen atoms in total.